The maximum atomic E-state index is 5.87. The molecule has 0 saturated carbocycles. The molecule has 1 atom stereocenters. The number of benzene rings is 1. The van der Waals surface area contributed by atoms with Gasteiger partial charge in [-0.05, 0) is 19.0 Å². The molecule has 1 aliphatic rings. The van der Waals surface area contributed by atoms with Gasteiger partial charge in [0.15, 0.2) is 11.3 Å². The molecule has 1 fully saturated rings. The largest absolute Gasteiger partial charge is 0.493 e. The Hall–Kier alpha value is -1.52. The van der Waals surface area contributed by atoms with Crippen molar-refractivity contribution in [1.82, 2.24) is 5.32 Å². The summed E-state index contributed by atoms with van der Waals surface area (Å²) < 4.78 is 16.8. The van der Waals surface area contributed by atoms with Gasteiger partial charge < -0.3 is 19.2 Å². The number of rotatable bonds is 2. The molecule has 1 unspecified atom stereocenters. The van der Waals surface area contributed by atoms with Crippen LogP contribution in [-0.4, -0.2) is 26.8 Å². The van der Waals surface area contributed by atoms with E-state index >= 15 is 0 Å². The van der Waals surface area contributed by atoms with E-state index < -0.39 is 0 Å². The number of fused-ring (bicyclic) bond motifs is 1. The molecule has 1 aromatic carbocycles. The van der Waals surface area contributed by atoms with Crippen LogP contribution in [-0.2, 0) is 4.74 Å². The molecule has 0 radical (unpaired) electrons. The summed E-state index contributed by atoms with van der Waals surface area (Å²) in [5.74, 6) is 0.769. The monoisotopic (exact) mass is 247 g/mol. The molecule has 0 amide bonds. The molecule has 0 spiro atoms. The van der Waals surface area contributed by atoms with Crippen molar-refractivity contribution in [2.75, 3.05) is 26.8 Å². The standard InChI is InChI=1S/C14H17NO3/c1-16-13-4-2-3-10-11(9-18-14(10)13)12-5-6-15-7-8-17-12/h2-4,9,12,15H,5-8H2,1H3. The second kappa shape index (κ2) is 5.00. The van der Waals surface area contributed by atoms with Crippen molar-refractivity contribution in [3.63, 3.8) is 0 Å². The van der Waals surface area contributed by atoms with Gasteiger partial charge in [0.1, 0.15) is 0 Å². The third-order valence-electron chi connectivity index (χ3n) is 3.34. The van der Waals surface area contributed by atoms with Gasteiger partial charge in [-0.15, -0.1) is 0 Å². The zero-order chi connectivity index (χ0) is 12.4. The first-order valence-electron chi connectivity index (χ1n) is 6.26. The van der Waals surface area contributed by atoms with Crippen molar-refractivity contribution < 1.29 is 13.9 Å². The molecule has 4 nitrogen and oxygen atoms in total. The fraction of sp³-hybridized carbons (Fsp3) is 0.429. The van der Waals surface area contributed by atoms with Crippen molar-refractivity contribution in [2.24, 2.45) is 0 Å². The minimum atomic E-state index is 0.105. The zero-order valence-electron chi connectivity index (χ0n) is 10.4. The third-order valence-corrected chi connectivity index (χ3v) is 3.34. The summed E-state index contributed by atoms with van der Waals surface area (Å²) in [6.45, 7) is 2.62. The van der Waals surface area contributed by atoms with E-state index in [-0.39, 0.29) is 6.10 Å². The SMILES string of the molecule is COc1cccc2c(C3CCNCCO3)coc12. The zero-order valence-corrected chi connectivity index (χ0v) is 10.4. The van der Waals surface area contributed by atoms with E-state index in [1.807, 2.05) is 12.1 Å². The van der Waals surface area contributed by atoms with E-state index in [9.17, 15) is 0 Å². The van der Waals surface area contributed by atoms with E-state index in [1.54, 1.807) is 13.4 Å². The van der Waals surface area contributed by atoms with Gasteiger partial charge in [-0.25, -0.2) is 0 Å². The van der Waals surface area contributed by atoms with Crippen LogP contribution in [0.1, 0.15) is 18.1 Å². The number of hydrogen-bond acceptors (Lipinski definition) is 4. The summed E-state index contributed by atoms with van der Waals surface area (Å²) in [5, 5.41) is 4.41. The average Bonchev–Trinajstić information content (AvgIpc) is 2.66. The number of nitrogens with one attached hydrogen (secondary N) is 1. The van der Waals surface area contributed by atoms with E-state index in [0.29, 0.717) is 0 Å². The second-order valence-electron chi connectivity index (χ2n) is 4.43. The molecule has 1 N–H and O–H groups in total. The molecule has 2 heterocycles. The smallest absolute Gasteiger partial charge is 0.176 e. The Balaban J connectivity index is 2.01. The highest BCUT2D eigenvalue weighted by Crippen LogP contribution is 2.35. The predicted octanol–water partition coefficient (Wildman–Crippen LogP) is 2.49. The Bertz CT molecular complexity index is 527. The summed E-state index contributed by atoms with van der Waals surface area (Å²) in [6.07, 6.45) is 2.86. The molecule has 4 heteroatoms. The molecule has 96 valence electrons. The van der Waals surface area contributed by atoms with Crippen LogP contribution in [0.4, 0.5) is 0 Å². The number of furan rings is 1. The van der Waals surface area contributed by atoms with Gasteiger partial charge in [0, 0.05) is 17.5 Å². The van der Waals surface area contributed by atoms with Crippen LogP contribution in [0.3, 0.4) is 0 Å². The first-order valence-corrected chi connectivity index (χ1v) is 6.26. The minimum Gasteiger partial charge on any atom is -0.493 e. The molecule has 18 heavy (non-hydrogen) atoms. The van der Waals surface area contributed by atoms with Crippen molar-refractivity contribution in [3.05, 3.63) is 30.0 Å². The summed E-state index contributed by atoms with van der Waals surface area (Å²) in [4.78, 5) is 0. The van der Waals surface area contributed by atoms with Crippen LogP contribution in [0.25, 0.3) is 11.0 Å². The predicted molar refractivity (Wildman–Crippen MR) is 68.9 cm³/mol. The lowest BCUT2D eigenvalue weighted by Gasteiger charge is -2.12. The molecule has 0 bridgehead atoms. The fourth-order valence-electron chi connectivity index (χ4n) is 2.42. The normalized spacial score (nSPS) is 20.8. The van der Waals surface area contributed by atoms with Crippen molar-refractivity contribution in [1.29, 1.82) is 0 Å². The van der Waals surface area contributed by atoms with Gasteiger partial charge in [0.05, 0.1) is 26.1 Å². The summed E-state index contributed by atoms with van der Waals surface area (Å²) in [5.41, 5.74) is 1.92. The van der Waals surface area contributed by atoms with Gasteiger partial charge in [-0.3, -0.25) is 0 Å². The molecule has 1 aromatic heterocycles. The van der Waals surface area contributed by atoms with Crippen molar-refractivity contribution in [2.45, 2.75) is 12.5 Å². The number of para-hydroxylation sites is 1. The highest BCUT2D eigenvalue weighted by Gasteiger charge is 2.20. The summed E-state index contributed by atoms with van der Waals surface area (Å²) in [6, 6.07) is 5.94. The molecule has 0 aliphatic carbocycles. The molecule has 2 aromatic rings. The van der Waals surface area contributed by atoms with Crippen LogP contribution >= 0.6 is 0 Å². The van der Waals surface area contributed by atoms with Crippen LogP contribution in [0.5, 0.6) is 5.75 Å². The van der Waals surface area contributed by atoms with Gasteiger partial charge >= 0.3 is 0 Å². The Kier molecular flexibility index (Phi) is 3.21. The maximum absolute atomic E-state index is 5.87. The first-order chi connectivity index (χ1) is 8.90. The van der Waals surface area contributed by atoms with Gasteiger partial charge in [0.25, 0.3) is 0 Å². The lowest BCUT2D eigenvalue weighted by Crippen LogP contribution is -2.16. The molecular weight excluding hydrogens is 230 g/mol. The first kappa shape index (κ1) is 11.6. The van der Waals surface area contributed by atoms with Crippen molar-refractivity contribution >= 4 is 11.0 Å². The van der Waals surface area contributed by atoms with Gasteiger partial charge in [-0.1, -0.05) is 12.1 Å². The fourth-order valence-corrected chi connectivity index (χ4v) is 2.42. The highest BCUT2D eigenvalue weighted by molar-refractivity contribution is 5.86. The Morgan fingerprint density at radius 1 is 1.33 bits per heavy atom. The quantitative estimate of drug-likeness (QED) is 0.885. The highest BCUT2D eigenvalue weighted by atomic mass is 16.5. The van der Waals surface area contributed by atoms with Crippen LogP contribution in [0, 0.1) is 0 Å². The lowest BCUT2D eigenvalue weighted by molar-refractivity contribution is 0.0648. The van der Waals surface area contributed by atoms with E-state index in [4.69, 9.17) is 13.9 Å². The van der Waals surface area contributed by atoms with Crippen LogP contribution in [0.2, 0.25) is 0 Å². The van der Waals surface area contributed by atoms with Gasteiger partial charge in [0.2, 0.25) is 0 Å². The molecule has 1 saturated heterocycles. The Morgan fingerprint density at radius 3 is 3.17 bits per heavy atom. The molecular formula is C14H17NO3. The lowest BCUT2D eigenvalue weighted by atomic mass is 10.1. The summed E-state index contributed by atoms with van der Waals surface area (Å²) in [7, 11) is 1.66. The van der Waals surface area contributed by atoms with Gasteiger partial charge in [-0.2, -0.15) is 0 Å². The second-order valence-corrected chi connectivity index (χ2v) is 4.43. The Morgan fingerprint density at radius 2 is 2.28 bits per heavy atom. The average molecular weight is 247 g/mol. The third kappa shape index (κ3) is 1.98. The number of methoxy groups -OCH3 is 1. The topological polar surface area (TPSA) is 43.6 Å². The molecule has 3 rings (SSSR count). The van der Waals surface area contributed by atoms with E-state index in [0.717, 1.165) is 48.4 Å². The van der Waals surface area contributed by atoms with Crippen LogP contribution < -0.4 is 10.1 Å². The van der Waals surface area contributed by atoms with E-state index in [2.05, 4.69) is 11.4 Å². The maximum Gasteiger partial charge on any atom is 0.176 e. The number of ether oxygens (including phenoxy) is 2. The summed E-state index contributed by atoms with van der Waals surface area (Å²) >= 11 is 0. The Labute approximate surface area is 106 Å². The van der Waals surface area contributed by atoms with E-state index in [1.165, 1.54) is 0 Å². The number of hydrogen-bond donors (Lipinski definition) is 1. The minimum absolute atomic E-state index is 0.105. The van der Waals surface area contributed by atoms with Crippen molar-refractivity contribution in [3.8, 4) is 5.75 Å². The van der Waals surface area contributed by atoms with Crippen LogP contribution in [0.15, 0.2) is 28.9 Å². The molecule has 1 aliphatic heterocycles.